The first-order valence-corrected chi connectivity index (χ1v) is 6.72. The SMILES string of the molecule is COCC(CCO)Nc1cc(NN)nc(SC)n1. The fourth-order valence-electron chi connectivity index (χ4n) is 1.43. The third-order valence-electron chi connectivity index (χ3n) is 2.23. The van der Waals surface area contributed by atoms with Crippen LogP contribution in [0.15, 0.2) is 11.2 Å². The molecule has 0 saturated carbocycles. The van der Waals surface area contributed by atoms with Crippen molar-refractivity contribution in [3.63, 3.8) is 0 Å². The second-order valence-corrected chi connectivity index (χ2v) is 4.35. The number of hydrazine groups is 1. The zero-order valence-corrected chi connectivity index (χ0v) is 11.3. The number of nitrogens with one attached hydrogen (secondary N) is 2. The molecule has 7 nitrogen and oxygen atoms in total. The lowest BCUT2D eigenvalue weighted by atomic mass is 10.2. The van der Waals surface area contributed by atoms with Crippen LogP contribution in [0.4, 0.5) is 11.6 Å². The van der Waals surface area contributed by atoms with Crippen molar-refractivity contribution in [2.75, 3.05) is 37.3 Å². The Balaban J connectivity index is 2.80. The Morgan fingerprint density at radius 2 is 2.22 bits per heavy atom. The highest BCUT2D eigenvalue weighted by atomic mass is 32.2. The van der Waals surface area contributed by atoms with E-state index in [-0.39, 0.29) is 12.6 Å². The zero-order chi connectivity index (χ0) is 13.4. The first kappa shape index (κ1) is 15.0. The average Bonchev–Trinajstić information content (AvgIpc) is 2.38. The maximum absolute atomic E-state index is 8.98. The number of nitrogens with zero attached hydrogens (tertiary/aromatic N) is 2. The van der Waals surface area contributed by atoms with E-state index in [1.807, 2.05) is 6.26 Å². The molecule has 1 aromatic heterocycles. The number of ether oxygens (including phenoxy) is 1. The van der Waals surface area contributed by atoms with E-state index in [2.05, 4.69) is 20.7 Å². The number of aliphatic hydroxyl groups excluding tert-OH is 1. The Morgan fingerprint density at radius 1 is 1.50 bits per heavy atom. The molecule has 8 heteroatoms. The van der Waals surface area contributed by atoms with Gasteiger partial charge in [0.05, 0.1) is 12.6 Å². The summed E-state index contributed by atoms with van der Waals surface area (Å²) in [6.07, 6.45) is 2.47. The molecular formula is C10H19N5O2S. The minimum atomic E-state index is -0.00442. The summed E-state index contributed by atoms with van der Waals surface area (Å²) >= 11 is 1.43. The van der Waals surface area contributed by atoms with E-state index in [1.54, 1.807) is 13.2 Å². The summed E-state index contributed by atoms with van der Waals surface area (Å²) in [5.41, 5.74) is 2.49. The van der Waals surface area contributed by atoms with Gasteiger partial charge in [-0.1, -0.05) is 11.8 Å². The minimum Gasteiger partial charge on any atom is -0.396 e. The number of methoxy groups -OCH3 is 1. The molecular weight excluding hydrogens is 254 g/mol. The van der Waals surface area contributed by atoms with Gasteiger partial charge in [-0.05, 0) is 12.7 Å². The molecule has 0 amide bonds. The van der Waals surface area contributed by atoms with Crippen molar-refractivity contribution < 1.29 is 9.84 Å². The number of nitrogens with two attached hydrogens (primary N) is 1. The molecule has 0 spiro atoms. The van der Waals surface area contributed by atoms with E-state index < -0.39 is 0 Å². The quantitative estimate of drug-likeness (QED) is 0.232. The predicted molar refractivity (Wildman–Crippen MR) is 72.6 cm³/mol. The van der Waals surface area contributed by atoms with Crippen LogP contribution in [0.5, 0.6) is 0 Å². The number of hydrogen-bond acceptors (Lipinski definition) is 8. The topological polar surface area (TPSA) is 105 Å². The maximum Gasteiger partial charge on any atom is 0.191 e. The molecule has 0 radical (unpaired) electrons. The molecule has 1 unspecified atom stereocenters. The van der Waals surface area contributed by atoms with Crippen molar-refractivity contribution in [2.45, 2.75) is 17.6 Å². The largest absolute Gasteiger partial charge is 0.396 e. The lowest BCUT2D eigenvalue weighted by Crippen LogP contribution is -2.27. The predicted octanol–water partition coefficient (Wildman–Crippen LogP) is 0.293. The highest BCUT2D eigenvalue weighted by Crippen LogP contribution is 2.17. The van der Waals surface area contributed by atoms with Crippen LogP contribution in [0.1, 0.15) is 6.42 Å². The number of aliphatic hydroxyl groups is 1. The Hall–Kier alpha value is -1.09. The van der Waals surface area contributed by atoms with Crippen LogP contribution in [0, 0.1) is 0 Å². The van der Waals surface area contributed by atoms with Crippen molar-refractivity contribution in [1.29, 1.82) is 0 Å². The van der Waals surface area contributed by atoms with Crippen LogP contribution >= 0.6 is 11.8 Å². The summed E-state index contributed by atoms with van der Waals surface area (Å²) in [7, 11) is 1.62. The Bertz CT molecular complexity index is 338. The summed E-state index contributed by atoms with van der Waals surface area (Å²) in [5, 5.41) is 12.8. The van der Waals surface area contributed by atoms with Crippen LogP contribution in [0.25, 0.3) is 0 Å². The Kier molecular flexibility index (Phi) is 6.73. The minimum absolute atomic E-state index is 0.00442. The number of nitrogen functional groups attached to an aromatic ring is 1. The Morgan fingerprint density at radius 3 is 2.78 bits per heavy atom. The van der Waals surface area contributed by atoms with E-state index in [4.69, 9.17) is 15.7 Å². The van der Waals surface area contributed by atoms with Crippen molar-refractivity contribution in [1.82, 2.24) is 9.97 Å². The van der Waals surface area contributed by atoms with E-state index in [1.165, 1.54) is 11.8 Å². The fourth-order valence-corrected chi connectivity index (χ4v) is 1.81. The molecule has 0 bridgehead atoms. The molecule has 1 aromatic rings. The van der Waals surface area contributed by atoms with Gasteiger partial charge in [-0.2, -0.15) is 0 Å². The van der Waals surface area contributed by atoms with Gasteiger partial charge in [0.25, 0.3) is 0 Å². The summed E-state index contributed by atoms with van der Waals surface area (Å²) in [5.74, 6) is 6.54. The average molecular weight is 273 g/mol. The molecule has 18 heavy (non-hydrogen) atoms. The molecule has 0 aliphatic carbocycles. The molecule has 1 heterocycles. The van der Waals surface area contributed by atoms with E-state index in [9.17, 15) is 0 Å². The second-order valence-electron chi connectivity index (χ2n) is 3.58. The van der Waals surface area contributed by atoms with Gasteiger partial charge < -0.3 is 20.6 Å². The lowest BCUT2D eigenvalue weighted by molar-refractivity contribution is 0.170. The summed E-state index contributed by atoms with van der Waals surface area (Å²) < 4.78 is 5.08. The van der Waals surface area contributed by atoms with E-state index >= 15 is 0 Å². The van der Waals surface area contributed by atoms with Gasteiger partial charge in [0.1, 0.15) is 11.6 Å². The zero-order valence-electron chi connectivity index (χ0n) is 10.5. The second kappa shape index (κ2) is 8.09. The number of hydrogen-bond donors (Lipinski definition) is 4. The molecule has 0 fully saturated rings. The van der Waals surface area contributed by atoms with Gasteiger partial charge >= 0.3 is 0 Å². The monoisotopic (exact) mass is 273 g/mol. The van der Waals surface area contributed by atoms with Crippen molar-refractivity contribution in [3.8, 4) is 0 Å². The summed E-state index contributed by atoms with van der Waals surface area (Å²) in [4.78, 5) is 8.48. The van der Waals surface area contributed by atoms with Gasteiger partial charge in [-0.15, -0.1) is 0 Å². The van der Waals surface area contributed by atoms with Crippen LogP contribution in [0.3, 0.4) is 0 Å². The van der Waals surface area contributed by atoms with E-state index in [0.717, 1.165) is 0 Å². The first-order valence-electron chi connectivity index (χ1n) is 5.49. The molecule has 0 aromatic carbocycles. The number of thioether (sulfide) groups is 1. The van der Waals surface area contributed by atoms with Crippen LogP contribution in [0.2, 0.25) is 0 Å². The normalized spacial score (nSPS) is 12.2. The fraction of sp³-hybridized carbons (Fsp3) is 0.600. The van der Waals surface area contributed by atoms with Gasteiger partial charge in [-0.25, -0.2) is 15.8 Å². The summed E-state index contributed by atoms with van der Waals surface area (Å²) in [6, 6.07) is 1.70. The van der Waals surface area contributed by atoms with Gasteiger partial charge in [0, 0.05) is 19.8 Å². The smallest absolute Gasteiger partial charge is 0.191 e. The van der Waals surface area contributed by atoms with Crippen molar-refractivity contribution in [2.24, 2.45) is 5.84 Å². The van der Waals surface area contributed by atoms with Gasteiger partial charge in [-0.3, -0.25) is 0 Å². The molecule has 1 atom stereocenters. The van der Waals surface area contributed by atoms with Gasteiger partial charge in [0.15, 0.2) is 5.16 Å². The van der Waals surface area contributed by atoms with Crippen molar-refractivity contribution in [3.05, 3.63) is 6.07 Å². The number of rotatable bonds is 8. The standard InChI is InChI=1S/C10H19N5O2S/c1-17-6-7(3-4-16)12-8-5-9(15-11)14-10(13-8)18-2/h5,7,16H,3-4,6,11H2,1-2H3,(H2,12,13,14,15). The molecule has 0 saturated heterocycles. The molecule has 1 rings (SSSR count). The summed E-state index contributed by atoms with van der Waals surface area (Å²) in [6.45, 7) is 0.577. The molecule has 0 aliphatic rings. The highest BCUT2D eigenvalue weighted by molar-refractivity contribution is 7.98. The van der Waals surface area contributed by atoms with Crippen LogP contribution in [-0.2, 0) is 4.74 Å². The number of aromatic nitrogens is 2. The number of anilines is 2. The Labute approximate surface area is 111 Å². The van der Waals surface area contributed by atoms with E-state index in [0.29, 0.717) is 29.8 Å². The molecule has 0 aliphatic heterocycles. The lowest BCUT2D eigenvalue weighted by Gasteiger charge is -2.18. The first-order chi connectivity index (χ1) is 8.73. The molecule has 5 N–H and O–H groups in total. The van der Waals surface area contributed by atoms with Gasteiger partial charge in [0.2, 0.25) is 0 Å². The molecule has 102 valence electrons. The van der Waals surface area contributed by atoms with Crippen LogP contribution in [-0.4, -0.2) is 47.7 Å². The van der Waals surface area contributed by atoms with Crippen LogP contribution < -0.4 is 16.6 Å². The highest BCUT2D eigenvalue weighted by Gasteiger charge is 2.10. The maximum atomic E-state index is 8.98. The van der Waals surface area contributed by atoms with Crippen molar-refractivity contribution >= 4 is 23.4 Å². The third kappa shape index (κ3) is 4.65. The third-order valence-corrected chi connectivity index (χ3v) is 2.78.